The first-order valence-corrected chi connectivity index (χ1v) is 3.25. The summed E-state index contributed by atoms with van der Waals surface area (Å²) in [5, 5.41) is 0. The third-order valence-electron chi connectivity index (χ3n) is 1.59. The van der Waals surface area contributed by atoms with Crippen molar-refractivity contribution in [3.63, 3.8) is 0 Å². The largest absolute Gasteiger partial charge is 0.380 e. The van der Waals surface area contributed by atoms with Gasteiger partial charge in [0.15, 0.2) is 0 Å². The number of nitrogens with one attached hydrogen (secondary N) is 1. The molecule has 2 unspecified atom stereocenters. The van der Waals surface area contributed by atoms with E-state index in [-0.39, 0.29) is 12.1 Å². The van der Waals surface area contributed by atoms with Crippen LogP contribution in [0.5, 0.6) is 0 Å². The molecule has 0 radical (unpaired) electrons. The van der Waals surface area contributed by atoms with Crippen LogP contribution in [-0.4, -0.2) is 19.3 Å². The average molecular weight is 132 g/mol. The smallest absolute Gasteiger partial charge is 0.0709 e. The summed E-state index contributed by atoms with van der Waals surface area (Å²) >= 11 is 0. The highest BCUT2D eigenvalue weighted by Gasteiger charge is 2.11. The zero-order valence-corrected chi connectivity index (χ0v) is 6.35. The lowest BCUT2D eigenvalue weighted by Gasteiger charge is -2.19. The Kier molecular flexibility index (Phi) is 4.67. The van der Waals surface area contributed by atoms with E-state index in [1.54, 1.807) is 7.11 Å². The van der Waals surface area contributed by atoms with Gasteiger partial charge in [-0.25, -0.2) is 0 Å². The van der Waals surface area contributed by atoms with Crippen molar-refractivity contribution in [2.24, 2.45) is 5.84 Å². The Morgan fingerprint density at radius 2 is 2.22 bits per heavy atom. The molecule has 0 saturated heterocycles. The second-order valence-electron chi connectivity index (χ2n) is 2.12. The van der Waals surface area contributed by atoms with Crippen molar-refractivity contribution in [1.29, 1.82) is 0 Å². The van der Waals surface area contributed by atoms with Crippen LogP contribution in [0.15, 0.2) is 0 Å². The maximum absolute atomic E-state index is 5.23. The Balaban J connectivity index is 3.50. The van der Waals surface area contributed by atoms with Gasteiger partial charge in [-0.3, -0.25) is 11.3 Å². The summed E-state index contributed by atoms with van der Waals surface area (Å²) in [6.07, 6.45) is 1.19. The Hall–Kier alpha value is -0.120. The van der Waals surface area contributed by atoms with Gasteiger partial charge in [0.2, 0.25) is 0 Å². The first-order chi connectivity index (χ1) is 4.26. The lowest BCUT2D eigenvalue weighted by Crippen LogP contribution is -2.42. The molecule has 0 aliphatic heterocycles. The number of ether oxygens (including phenoxy) is 1. The highest BCUT2D eigenvalue weighted by atomic mass is 16.5. The van der Waals surface area contributed by atoms with E-state index in [1.165, 1.54) is 0 Å². The van der Waals surface area contributed by atoms with E-state index in [9.17, 15) is 0 Å². The lowest BCUT2D eigenvalue weighted by molar-refractivity contribution is 0.0818. The maximum atomic E-state index is 5.23. The van der Waals surface area contributed by atoms with Gasteiger partial charge < -0.3 is 4.74 Å². The molecule has 0 aliphatic carbocycles. The molecule has 0 bridgehead atoms. The number of rotatable bonds is 4. The Labute approximate surface area is 56.5 Å². The van der Waals surface area contributed by atoms with Crippen LogP contribution >= 0.6 is 0 Å². The van der Waals surface area contributed by atoms with Gasteiger partial charge in [-0.1, -0.05) is 6.92 Å². The number of hydrogen-bond donors (Lipinski definition) is 2. The molecular formula is C6H16N2O. The van der Waals surface area contributed by atoms with Gasteiger partial charge in [-0.05, 0) is 13.3 Å². The molecule has 3 nitrogen and oxygen atoms in total. The van der Waals surface area contributed by atoms with Crippen LogP contribution in [-0.2, 0) is 4.74 Å². The van der Waals surface area contributed by atoms with Crippen molar-refractivity contribution in [2.45, 2.75) is 32.4 Å². The normalized spacial score (nSPS) is 17.3. The maximum Gasteiger partial charge on any atom is 0.0709 e. The van der Waals surface area contributed by atoms with Crippen LogP contribution in [0.1, 0.15) is 20.3 Å². The van der Waals surface area contributed by atoms with Gasteiger partial charge >= 0.3 is 0 Å². The zero-order valence-electron chi connectivity index (χ0n) is 6.35. The standard InChI is InChI=1S/C6H16N2O/c1-4-6(8-7)5(2)9-3/h5-6,8H,4,7H2,1-3H3. The third-order valence-corrected chi connectivity index (χ3v) is 1.59. The highest BCUT2D eigenvalue weighted by molar-refractivity contribution is 4.67. The van der Waals surface area contributed by atoms with Gasteiger partial charge in [-0.2, -0.15) is 0 Å². The molecule has 0 amide bonds. The highest BCUT2D eigenvalue weighted by Crippen LogP contribution is 1.98. The minimum Gasteiger partial charge on any atom is -0.380 e. The van der Waals surface area contributed by atoms with Crippen LogP contribution in [0.2, 0.25) is 0 Å². The van der Waals surface area contributed by atoms with E-state index < -0.39 is 0 Å². The fourth-order valence-electron chi connectivity index (χ4n) is 0.750. The van der Waals surface area contributed by atoms with E-state index in [1.807, 2.05) is 6.92 Å². The molecule has 3 N–H and O–H groups in total. The molecule has 0 aromatic rings. The van der Waals surface area contributed by atoms with Crippen molar-refractivity contribution in [2.75, 3.05) is 7.11 Å². The van der Waals surface area contributed by atoms with Gasteiger partial charge in [0.1, 0.15) is 0 Å². The lowest BCUT2D eigenvalue weighted by atomic mass is 10.1. The molecule has 2 atom stereocenters. The van der Waals surface area contributed by atoms with E-state index in [4.69, 9.17) is 10.6 Å². The average Bonchev–Trinajstić information content (AvgIpc) is 1.90. The van der Waals surface area contributed by atoms with Crippen LogP contribution in [0, 0.1) is 0 Å². The van der Waals surface area contributed by atoms with Crippen molar-refractivity contribution in [3.8, 4) is 0 Å². The van der Waals surface area contributed by atoms with Crippen molar-refractivity contribution in [1.82, 2.24) is 5.43 Å². The van der Waals surface area contributed by atoms with Crippen molar-refractivity contribution in [3.05, 3.63) is 0 Å². The van der Waals surface area contributed by atoms with Crippen LogP contribution in [0.4, 0.5) is 0 Å². The number of hydrazine groups is 1. The summed E-state index contributed by atoms with van der Waals surface area (Å²) in [7, 11) is 1.69. The third kappa shape index (κ3) is 2.79. The molecule has 0 spiro atoms. The van der Waals surface area contributed by atoms with Gasteiger partial charge in [0.05, 0.1) is 6.10 Å². The quantitative estimate of drug-likeness (QED) is 0.426. The second kappa shape index (κ2) is 4.73. The molecule has 0 aliphatic rings. The minimum absolute atomic E-state index is 0.194. The monoisotopic (exact) mass is 132 g/mol. The minimum atomic E-state index is 0.194. The Morgan fingerprint density at radius 3 is 2.33 bits per heavy atom. The van der Waals surface area contributed by atoms with E-state index in [0.717, 1.165) is 6.42 Å². The summed E-state index contributed by atoms with van der Waals surface area (Å²) in [6, 6.07) is 0.273. The summed E-state index contributed by atoms with van der Waals surface area (Å²) in [5.74, 6) is 5.23. The topological polar surface area (TPSA) is 47.3 Å². The van der Waals surface area contributed by atoms with Crippen molar-refractivity contribution < 1.29 is 4.74 Å². The summed E-state index contributed by atoms with van der Waals surface area (Å²) in [5.41, 5.74) is 2.68. The SMILES string of the molecule is CCC(NN)C(C)OC. The molecule has 0 heterocycles. The molecule has 0 aromatic heterocycles. The summed E-state index contributed by atoms with van der Waals surface area (Å²) in [4.78, 5) is 0. The molecule has 3 heteroatoms. The van der Waals surface area contributed by atoms with Gasteiger partial charge in [0.25, 0.3) is 0 Å². The fourth-order valence-corrected chi connectivity index (χ4v) is 0.750. The number of methoxy groups -OCH3 is 1. The Bertz CT molecular complexity index is 64.1. The first kappa shape index (κ1) is 8.88. The van der Waals surface area contributed by atoms with E-state index in [2.05, 4.69) is 12.3 Å². The van der Waals surface area contributed by atoms with Crippen LogP contribution in [0.3, 0.4) is 0 Å². The predicted octanol–water partition coefficient (Wildman–Crippen LogP) is 0.263. The molecule has 0 saturated carbocycles. The number of hydrogen-bond acceptors (Lipinski definition) is 3. The molecule has 0 fully saturated rings. The van der Waals surface area contributed by atoms with E-state index >= 15 is 0 Å². The van der Waals surface area contributed by atoms with Gasteiger partial charge in [-0.15, -0.1) is 0 Å². The molecule has 0 aromatic carbocycles. The summed E-state index contributed by atoms with van der Waals surface area (Å²) < 4.78 is 5.05. The second-order valence-corrected chi connectivity index (χ2v) is 2.12. The zero-order chi connectivity index (χ0) is 7.28. The molecule has 9 heavy (non-hydrogen) atoms. The molecule has 0 rings (SSSR count). The molecule has 56 valence electrons. The van der Waals surface area contributed by atoms with Crippen LogP contribution < -0.4 is 11.3 Å². The van der Waals surface area contributed by atoms with Crippen molar-refractivity contribution >= 4 is 0 Å². The first-order valence-electron chi connectivity index (χ1n) is 3.25. The predicted molar refractivity (Wildman–Crippen MR) is 37.9 cm³/mol. The molecular weight excluding hydrogens is 116 g/mol. The van der Waals surface area contributed by atoms with E-state index in [0.29, 0.717) is 0 Å². The Morgan fingerprint density at radius 1 is 1.67 bits per heavy atom. The van der Waals surface area contributed by atoms with Gasteiger partial charge in [0, 0.05) is 13.2 Å². The van der Waals surface area contributed by atoms with Crippen LogP contribution in [0.25, 0.3) is 0 Å². The number of nitrogens with two attached hydrogens (primary N) is 1. The summed E-state index contributed by atoms with van der Waals surface area (Å²) in [6.45, 7) is 4.06. The fraction of sp³-hybridized carbons (Fsp3) is 1.00.